The van der Waals surface area contributed by atoms with E-state index in [1.54, 1.807) is 16.5 Å². The Balaban J connectivity index is 1.74. The van der Waals surface area contributed by atoms with Gasteiger partial charge in [0.25, 0.3) is 0 Å². The molecule has 124 valence electrons. The smallest absolute Gasteiger partial charge is 0.329 e. The molecule has 1 aliphatic rings. The van der Waals surface area contributed by atoms with E-state index in [4.69, 9.17) is 5.11 Å². The van der Waals surface area contributed by atoms with Crippen molar-refractivity contribution in [2.75, 3.05) is 39.3 Å². The van der Waals surface area contributed by atoms with Crippen molar-refractivity contribution in [1.29, 1.82) is 0 Å². The van der Waals surface area contributed by atoms with Gasteiger partial charge in [0.2, 0.25) is 5.91 Å². The van der Waals surface area contributed by atoms with E-state index in [1.165, 1.54) is 4.57 Å². The van der Waals surface area contributed by atoms with Crippen molar-refractivity contribution in [3.05, 3.63) is 34.7 Å². The van der Waals surface area contributed by atoms with Crippen molar-refractivity contribution in [3.63, 3.8) is 0 Å². The summed E-state index contributed by atoms with van der Waals surface area (Å²) in [4.78, 5) is 28.8. The molecule has 0 saturated carbocycles. The summed E-state index contributed by atoms with van der Waals surface area (Å²) in [6.45, 7) is 3.65. The molecular weight excluding hydrogens is 296 g/mol. The van der Waals surface area contributed by atoms with E-state index >= 15 is 0 Å². The number of fused-ring (bicyclic) bond motifs is 1. The number of aliphatic hydroxyl groups excluding tert-OH is 1. The van der Waals surface area contributed by atoms with Crippen molar-refractivity contribution in [1.82, 2.24) is 18.9 Å². The van der Waals surface area contributed by atoms with Gasteiger partial charge in [0, 0.05) is 39.8 Å². The van der Waals surface area contributed by atoms with Crippen LogP contribution in [0.5, 0.6) is 0 Å². The summed E-state index contributed by atoms with van der Waals surface area (Å²) in [5, 5.41) is 8.96. The number of aromatic nitrogens is 2. The zero-order valence-corrected chi connectivity index (χ0v) is 13.3. The van der Waals surface area contributed by atoms with Crippen molar-refractivity contribution in [2.24, 2.45) is 7.05 Å². The fourth-order valence-electron chi connectivity index (χ4n) is 3.11. The Hall–Kier alpha value is -2.12. The molecule has 1 fully saturated rings. The third-order valence-corrected chi connectivity index (χ3v) is 4.49. The number of carbonyl (C=O) groups excluding carboxylic acids is 1. The Kier molecular flexibility index (Phi) is 4.49. The standard InChI is InChI=1S/C16H22N4O3/c1-17-13-4-2-3-5-14(13)20(16(17)23)12-15(22)19-8-6-18(7-9-19)10-11-21/h2-5,21H,6-12H2,1H3. The van der Waals surface area contributed by atoms with Gasteiger partial charge >= 0.3 is 5.69 Å². The highest BCUT2D eigenvalue weighted by molar-refractivity contribution is 5.81. The van der Waals surface area contributed by atoms with E-state index < -0.39 is 0 Å². The second-order valence-corrected chi connectivity index (χ2v) is 5.86. The fraction of sp³-hybridized carbons (Fsp3) is 0.500. The molecule has 0 bridgehead atoms. The van der Waals surface area contributed by atoms with Gasteiger partial charge in [0.05, 0.1) is 17.6 Å². The minimum Gasteiger partial charge on any atom is -0.395 e. The van der Waals surface area contributed by atoms with Gasteiger partial charge in [-0.3, -0.25) is 18.8 Å². The Labute approximate surface area is 134 Å². The van der Waals surface area contributed by atoms with Crippen LogP contribution in [-0.4, -0.2) is 69.3 Å². The molecule has 23 heavy (non-hydrogen) atoms. The van der Waals surface area contributed by atoms with Crippen LogP contribution in [0.25, 0.3) is 11.0 Å². The van der Waals surface area contributed by atoms with Gasteiger partial charge in [-0.05, 0) is 12.1 Å². The Morgan fingerprint density at radius 2 is 1.78 bits per heavy atom. The molecule has 0 unspecified atom stereocenters. The molecule has 1 N–H and O–H groups in total. The predicted octanol–water partition coefficient (Wildman–Crippen LogP) is -0.523. The van der Waals surface area contributed by atoms with Gasteiger partial charge in [-0.25, -0.2) is 4.79 Å². The second-order valence-electron chi connectivity index (χ2n) is 5.86. The summed E-state index contributed by atoms with van der Waals surface area (Å²) in [6.07, 6.45) is 0. The Morgan fingerprint density at radius 3 is 2.43 bits per heavy atom. The van der Waals surface area contributed by atoms with E-state index in [9.17, 15) is 9.59 Å². The maximum absolute atomic E-state index is 12.5. The van der Waals surface area contributed by atoms with Gasteiger partial charge in [0.15, 0.2) is 0 Å². The molecule has 0 atom stereocenters. The number of amides is 1. The van der Waals surface area contributed by atoms with E-state index in [0.29, 0.717) is 19.6 Å². The summed E-state index contributed by atoms with van der Waals surface area (Å²) < 4.78 is 3.11. The van der Waals surface area contributed by atoms with Gasteiger partial charge in [-0.2, -0.15) is 0 Å². The van der Waals surface area contributed by atoms with Crippen LogP contribution in [0.1, 0.15) is 0 Å². The lowest BCUT2D eigenvalue weighted by Crippen LogP contribution is -2.50. The van der Waals surface area contributed by atoms with E-state index in [-0.39, 0.29) is 24.7 Å². The van der Waals surface area contributed by atoms with E-state index in [1.807, 2.05) is 24.3 Å². The average Bonchev–Trinajstić information content (AvgIpc) is 2.81. The average molecular weight is 318 g/mol. The first kappa shape index (κ1) is 15.8. The number of hydrogen-bond donors (Lipinski definition) is 1. The van der Waals surface area contributed by atoms with Crippen LogP contribution in [0.2, 0.25) is 0 Å². The summed E-state index contributed by atoms with van der Waals surface area (Å²) in [5.41, 5.74) is 1.45. The molecular formula is C16H22N4O3. The number of aliphatic hydroxyl groups is 1. The van der Waals surface area contributed by atoms with Gasteiger partial charge in [0.1, 0.15) is 6.54 Å². The number of imidazole rings is 1. The molecule has 1 amide bonds. The molecule has 1 saturated heterocycles. The molecule has 3 rings (SSSR count). The highest BCUT2D eigenvalue weighted by Gasteiger charge is 2.22. The van der Waals surface area contributed by atoms with Crippen LogP contribution in [0.4, 0.5) is 0 Å². The molecule has 1 aromatic carbocycles. The minimum absolute atomic E-state index is 0.0351. The first-order valence-electron chi connectivity index (χ1n) is 7.87. The van der Waals surface area contributed by atoms with Gasteiger partial charge < -0.3 is 10.0 Å². The van der Waals surface area contributed by atoms with Gasteiger partial charge in [-0.1, -0.05) is 12.1 Å². The maximum atomic E-state index is 12.5. The van der Waals surface area contributed by atoms with Crippen molar-refractivity contribution < 1.29 is 9.90 Å². The maximum Gasteiger partial charge on any atom is 0.329 e. The highest BCUT2D eigenvalue weighted by atomic mass is 16.3. The van der Waals surface area contributed by atoms with E-state index in [0.717, 1.165) is 24.1 Å². The van der Waals surface area contributed by atoms with Crippen LogP contribution in [0, 0.1) is 0 Å². The van der Waals surface area contributed by atoms with Crippen molar-refractivity contribution in [2.45, 2.75) is 6.54 Å². The van der Waals surface area contributed by atoms with Gasteiger partial charge in [-0.15, -0.1) is 0 Å². The Bertz CT molecular complexity index is 756. The van der Waals surface area contributed by atoms with Crippen molar-refractivity contribution in [3.8, 4) is 0 Å². The number of hydrogen-bond acceptors (Lipinski definition) is 4. The zero-order chi connectivity index (χ0) is 16.4. The molecule has 0 aliphatic carbocycles. The number of β-amino-alcohol motifs (C(OH)–C–C–N with tert-alkyl or cyclic N) is 1. The third-order valence-electron chi connectivity index (χ3n) is 4.49. The molecule has 0 radical (unpaired) electrons. The number of aryl methyl sites for hydroxylation is 1. The SMILES string of the molecule is Cn1c(=O)n(CC(=O)N2CCN(CCO)CC2)c2ccccc21. The lowest BCUT2D eigenvalue weighted by Gasteiger charge is -2.34. The predicted molar refractivity (Wildman–Crippen MR) is 87.3 cm³/mol. The monoisotopic (exact) mass is 318 g/mol. The molecule has 7 heteroatoms. The summed E-state index contributed by atoms with van der Waals surface area (Å²) in [7, 11) is 1.72. The van der Waals surface area contributed by atoms with Crippen LogP contribution in [0.3, 0.4) is 0 Å². The van der Waals surface area contributed by atoms with Crippen LogP contribution in [0.15, 0.2) is 29.1 Å². The lowest BCUT2D eigenvalue weighted by molar-refractivity contribution is -0.133. The summed E-state index contributed by atoms with van der Waals surface area (Å²) in [6, 6.07) is 7.50. The molecule has 7 nitrogen and oxygen atoms in total. The number of para-hydroxylation sites is 2. The van der Waals surface area contributed by atoms with E-state index in [2.05, 4.69) is 4.90 Å². The molecule has 1 aliphatic heterocycles. The normalized spacial score (nSPS) is 16.2. The first-order chi connectivity index (χ1) is 11.1. The van der Waals surface area contributed by atoms with Crippen LogP contribution in [-0.2, 0) is 18.4 Å². The first-order valence-corrected chi connectivity index (χ1v) is 7.87. The third kappa shape index (κ3) is 3.02. The molecule has 0 spiro atoms. The largest absolute Gasteiger partial charge is 0.395 e. The number of carbonyl (C=O) groups is 1. The Morgan fingerprint density at radius 1 is 1.13 bits per heavy atom. The highest BCUT2D eigenvalue weighted by Crippen LogP contribution is 2.12. The molecule has 2 heterocycles. The number of nitrogens with zero attached hydrogens (tertiary/aromatic N) is 4. The van der Waals surface area contributed by atoms with Crippen LogP contribution >= 0.6 is 0 Å². The van der Waals surface area contributed by atoms with Crippen molar-refractivity contribution >= 4 is 16.9 Å². The number of piperazine rings is 1. The minimum atomic E-state index is -0.168. The zero-order valence-electron chi connectivity index (χ0n) is 13.3. The number of benzene rings is 1. The number of rotatable bonds is 4. The fourth-order valence-corrected chi connectivity index (χ4v) is 3.11. The lowest BCUT2D eigenvalue weighted by atomic mass is 10.3. The van der Waals surface area contributed by atoms with Crippen LogP contribution < -0.4 is 5.69 Å². The molecule has 1 aromatic heterocycles. The summed E-state index contributed by atoms with van der Waals surface area (Å²) in [5.74, 6) is -0.0351. The summed E-state index contributed by atoms with van der Waals surface area (Å²) >= 11 is 0. The quantitative estimate of drug-likeness (QED) is 0.823. The topological polar surface area (TPSA) is 70.7 Å². The molecule has 2 aromatic rings. The second kappa shape index (κ2) is 6.55.